The summed E-state index contributed by atoms with van der Waals surface area (Å²) in [6, 6.07) is 11.9. The van der Waals surface area contributed by atoms with Gasteiger partial charge in [-0.05, 0) is 29.8 Å². The molecule has 0 radical (unpaired) electrons. The van der Waals surface area contributed by atoms with Crippen molar-refractivity contribution >= 4 is 5.71 Å². The summed E-state index contributed by atoms with van der Waals surface area (Å²) in [7, 11) is 4.55. The van der Waals surface area contributed by atoms with Crippen LogP contribution in [-0.4, -0.2) is 41.7 Å². The van der Waals surface area contributed by atoms with Gasteiger partial charge in [0.05, 0.1) is 38.8 Å². The first-order valence-electron chi connectivity index (χ1n) is 9.74. The highest BCUT2D eigenvalue weighted by Crippen LogP contribution is 2.34. The second-order valence-electron chi connectivity index (χ2n) is 7.02. The lowest BCUT2D eigenvalue weighted by Crippen LogP contribution is -2.33. The van der Waals surface area contributed by atoms with E-state index in [0.717, 1.165) is 10.1 Å². The number of H-pyrrole nitrogens is 1. The Bertz CT molecular complexity index is 1310. The van der Waals surface area contributed by atoms with E-state index in [-0.39, 0.29) is 17.3 Å². The Morgan fingerprint density at radius 2 is 1.72 bits per heavy atom. The monoisotopic (exact) mass is 438 g/mol. The maximum atomic E-state index is 12.6. The fraction of sp³-hybridized carbons (Fsp3) is 0.227. The number of nitrogens with one attached hydrogen (secondary N) is 2. The maximum absolute atomic E-state index is 12.6. The van der Waals surface area contributed by atoms with Crippen LogP contribution in [0.4, 0.5) is 0 Å². The minimum Gasteiger partial charge on any atom is -0.495 e. The molecule has 10 nitrogen and oxygen atoms in total. The summed E-state index contributed by atoms with van der Waals surface area (Å²) in [4.78, 5) is 27.4. The molecule has 0 aliphatic carbocycles. The molecule has 4 rings (SSSR count). The number of aromatic amines is 1. The minimum atomic E-state index is -0.788. The van der Waals surface area contributed by atoms with Crippen LogP contribution in [0, 0.1) is 0 Å². The molecule has 166 valence electrons. The minimum absolute atomic E-state index is 0.0917. The normalized spacial score (nSPS) is 15.1. The van der Waals surface area contributed by atoms with E-state index in [1.165, 1.54) is 7.11 Å². The lowest BCUT2D eigenvalue weighted by molar-refractivity contribution is 0.354. The predicted molar refractivity (Wildman–Crippen MR) is 117 cm³/mol. The molecule has 2 aromatic carbocycles. The average molecular weight is 438 g/mol. The fourth-order valence-corrected chi connectivity index (χ4v) is 3.68. The van der Waals surface area contributed by atoms with Crippen LogP contribution in [0.25, 0.3) is 5.69 Å². The van der Waals surface area contributed by atoms with Crippen LogP contribution < -0.4 is 30.9 Å². The highest BCUT2D eigenvalue weighted by molar-refractivity contribution is 6.03. The molecule has 0 saturated carbocycles. The van der Waals surface area contributed by atoms with Crippen molar-refractivity contribution in [3.63, 3.8) is 0 Å². The summed E-state index contributed by atoms with van der Waals surface area (Å²) in [6.45, 7) is 0. The van der Waals surface area contributed by atoms with Crippen molar-refractivity contribution < 1.29 is 19.3 Å². The van der Waals surface area contributed by atoms with Crippen molar-refractivity contribution in [3.8, 4) is 28.8 Å². The predicted octanol–water partition coefficient (Wildman–Crippen LogP) is 1.70. The van der Waals surface area contributed by atoms with Gasteiger partial charge >= 0.3 is 5.69 Å². The fourth-order valence-electron chi connectivity index (χ4n) is 3.68. The third-order valence-electron chi connectivity index (χ3n) is 5.26. The van der Waals surface area contributed by atoms with E-state index in [2.05, 4.69) is 15.5 Å². The number of ether oxygens (including phenoxy) is 3. The molecule has 0 spiro atoms. The number of benzene rings is 2. The average Bonchev–Trinajstić information content (AvgIpc) is 3.28. The summed E-state index contributed by atoms with van der Waals surface area (Å²) in [5, 5.41) is 15.2. The second-order valence-corrected chi connectivity index (χ2v) is 7.02. The summed E-state index contributed by atoms with van der Waals surface area (Å²) < 4.78 is 16.9. The first-order chi connectivity index (χ1) is 15.5. The van der Waals surface area contributed by atoms with Gasteiger partial charge in [-0.2, -0.15) is 5.10 Å². The van der Waals surface area contributed by atoms with Crippen LogP contribution in [0.5, 0.6) is 23.1 Å². The molecule has 0 fully saturated rings. The standard InChI is InChI=1S/C22H22N4O6/c1-30-16-7-5-4-6-15(16)26-21(28)19(20(27)23-22(26)29)14-11-13(24-25-14)12-8-9-17(31-2)18(10-12)32-3/h4-10,13,24,28H,11H2,1-3H3,(H,23,27,29)/t13-/m0/s1. The smallest absolute Gasteiger partial charge is 0.335 e. The molecule has 1 aliphatic rings. The van der Waals surface area contributed by atoms with Crippen LogP contribution in [0.2, 0.25) is 0 Å². The number of nitrogens with zero attached hydrogens (tertiary/aromatic N) is 2. The molecule has 1 atom stereocenters. The number of methoxy groups -OCH3 is 3. The van der Waals surface area contributed by atoms with E-state index in [4.69, 9.17) is 14.2 Å². The number of aromatic hydroxyl groups is 1. The maximum Gasteiger partial charge on any atom is 0.335 e. The zero-order valence-electron chi connectivity index (χ0n) is 17.7. The number of hydrogen-bond acceptors (Lipinski definition) is 8. The quantitative estimate of drug-likeness (QED) is 0.534. The van der Waals surface area contributed by atoms with Crippen LogP contribution in [-0.2, 0) is 0 Å². The number of hydrazone groups is 1. The van der Waals surface area contributed by atoms with E-state index in [1.54, 1.807) is 44.6 Å². The Balaban J connectivity index is 1.73. The van der Waals surface area contributed by atoms with Gasteiger partial charge in [0.25, 0.3) is 5.56 Å². The van der Waals surface area contributed by atoms with Crippen LogP contribution in [0.1, 0.15) is 23.6 Å². The molecular weight excluding hydrogens is 416 g/mol. The van der Waals surface area contributed by atoms with Gasteiger partial charge in [0.15, 0.2) is 11.5 Å². The van der Waals surface area contributed by atoms with Gasteiger partial charge in [0.2, 0.25) is 5.88 Å². The first kappa shape index (κ1) is 21.0. The van der Waals surface area contributed by atoms with Gasteiger partial charge < -0.3 is 24.7 Å². The van der Waals surface area contributed by atoms with E-state index in [9.17, 15) is 14.7 Å². The molecule has 2 heterocycles. The molecule has 0 saturated heterocycles. The molecule has 3 N–H and O–H groups in total. The number of para-hydroxylation sites is 2. The highest BCUT2D eigenvalue weighted by atomic mass is 16.5. The molecular formula is C22H22N4O6. The third kappa shape index (κ3) is 3.55. The van der Waals surface area contributed by atoms with Gasteiger partial charge in [-0.25, -0.2) is 9.36 Å². The topological polar surface area (TPSA) is 127 Å². The van der Waals surface area contributed by atoms with E-state index in [0.29, 0.717) is 29.4 Å². The molecule has 0 unspecified atom stereocenters. The van der Waals surface area contributed by atoms with Gasteiger partial charge in [-0.15, -0.1) is 0 Å². The van der Waals surface area contributed by atoms with Crippen molar-refractivity contribution in [2.45, 2.75) is 12.5 Å². The van der Waals surface area contributed by atoms with Crippen LogP contribution >= 0.6 is 0 Å². The number of hydrogen-bond donors (Lipinski definition) is 3. The Kier molecular flexibility index (Phi) is 5.59. The van der Waals surface area contributed by atoms with Crippen LogP contribution in [0.3, 0.4) is 0 Å². The summed E-state index contributed by atoms with van der Waals surface area (Å²) >= 11 is 0. The summed E-state index contributed by atoms with van der Waals surface area (Å²) in [5.41, 5.74) is 2.83. The molecule has 0 bridgehead atoms. The van der Waals surface area contributed by atoms with E-state index in [1.807, 2.05) is 12.1 Å². The van der Waals surface area contributed by atoms with Crippen LogP contribution in [0.15, 0.2) is 57.2 Å². The molecule has 1 aliphatic heterocycles. The second kappa shape index (κ2) is 8.50. The third-order valence-corrected chi connectivity index (χ3v) is 5.26. The summed E-state index contributed by atoms with van der Waals surface area (Å²) in [5.74, 6) is 0.994. The summed E-state index contributed by atoms with van der Waals surface area (Å²) in [6.07, 6.45) is 0.302. The lowest BCUT2D eigenvalue weighted by Gasteiger charge is -2.15. The zero-order chi connectivity index (χ0) is 22.8. The van der Waals surface area contributed by atoms with Crippen molar-refractivity contribution in [1.82, 2.24) is 15.0 Å². The highest BCUT2D eigenvalue weighted by Gasteiger charge is 2.28. The zero-order valence-corrected chi connectivity index (χ0v) is 17.7. The van der Waals surface area contributed by atoms with Crippen molar-refractivity contribution in [2.75, 3.05) is 21.3 Å². The molecule has 0 amide bonds. The lowest BCUT2D eigenvalue weighted by atomic mass is 9.99. The van der Waals surface area contributed by atoms with Crippen molar-refractivity contribution in [3.05, 3.63) is 74.4 Å². The Morgan fingerprint density at radius 3 is 2.44 bits per heavy atom. The molecule has 3 aromatic rings. The van der Waals surface area contributed by atoms with Crippen molar-refractivity contribution in [1.29, 1.82) is 0 Å². The number of rotatable bonds is 6. The largest absolute Gasteiger partial charge is 0.495 e. The Hall–Kier alpha value is -4.21. The van der Waals surface area contributed by atoms with Gasteiger partial charge in [-0.3, -0.25) is 9.78 Å². The van der Waals surface area contributed by atoms with Gasteiger partial charge in [-0.1, -0.05) is 18.2 Å². The first-order valence-corrected chi connectivity index (χ1v) is 9.74. The Morgan fingerprint density at radius 1 is 1.00 bits per heavy atom. The van der Waals surface area contributed by atoms with Gasteiger partial charge in [0.1, 0.15) is 11.3 Å². The van der Waals surface area contributed by atoms with Gasteiger partial charge in [0, 0.05) is 6.42 Å². The molecule has 1 aromatic heterocycles. The van der Waals surface area contributed by atoms with Crippen molar-refractivity contribution in [2.24, 2.45) is 5.10 Å². The number of aromatic nitrogens is 2. The molecule has 10 heteroatoms. The Labute approximate surface area is 182 Å². The van der Waals surface area contributed by atoms with E-state index >= 15 is 0 Å². The molecule has 32 heavy (non-hydrogen) atoms. The van der Waals surface area contributed by atoms with E-state index < -0.39 is 17.1 Å². The SMILES string of the molecule is COc1ccc([C@@H]2CC(c3c(O)n(-c4ccccc4OC)c(=O)[nH]c3=O)=NN2)cc1OC.